The molecule has 0 aliphatic carbocycles. The predicted molar refractivity (Wildman–Crippen MR) is 301 cm³/mol. The zero-order valence-corrected chi connectivity index (χ0v) is 49.6. The average Bonchev–Trinajstić information content (AvgIpc) is 3.95. The van der Waals surface area contributed by atoms with Gasteiger partial charge >= 0.3 is 5.97 Å². The molecule has 12 atom stereocenters. The van der Waals surface area contributed by atoms with Crippen LogP contribution in [-0.2, 0) is 60.7 Å². The lowest BCUT2D eigenvalue weighted by molar-refractivity contribution is -0.172. The van der Waals surface area contributed by atoms with Gasteiger partial charge in [-0.25, -0.2) is 4.79 Å². The third kappa shape index (κ3) is 16.4. The van der Waals surface area contributed by atoms with Crippen LogP contribution < -0.4 is 16.0 Å². The molecule has 2 aromatic carbocycles. The molecule has 0 aromatic heterocycles. The molecule has 2 aromatic rings. The van der Waals surface area contributed by atoms with Crippen LogP contribution in [0.15, 0.2) is 60.7 Å². The maximum Gasteiger partial charge on any atom is 0.330 e. The minimum absolute atomic E-state index is 0.000712. The van der Waals surface area contributed by atoms with Crippen LogP contribution in [0.4, 0.5) is 0 Å². The molecule has 0 unspecified atom stereocenters. The number of hydrogen-bond donors (Lipinski definition) is 4. The first kappa shape index (κ1) is 65.2. The van der Waals surface area contributed by atoms with Crippen molar-refractivity contribution in [2.75, 3.05) is 41.3 Å². The molecular formula is C60H92N8O11. The number of benzene rings is 2. The van der Waals surface area contributed by atoms with E-state index in [0.717, 1.165) is 10.5 Å². The van der Waals surface area contributed by atoms with Crippen LogP contribution in [0.2, 0.25) is 0 Å². The Morgan fingerprint density at radius 1 is 0.544 bits per heavy atom. The molecule has 2 aliphatic heterocycles. The van der Waals surface area contributed by atoms with E-state index in [1.54, 1.807) is 53.7 Å². The van der Waals surface area contributed by atoms with Gasteiger partial charge in [-0.3, -0.25) is 38.4 Å². The Hall–Kier alpha value is -6.37. The van der Waals surface area contributed by atoms with Gasteiger partial charge in [-0.15, -0.1) is 0 Å². The second-order valence-corrected chi connectivity index (χ2v) is 23.2. The van der Waals surface area contributed by atoms with Crippen LogP contribution in [0.25, 0.3) is 0 Å². The lowest BCUT2D eigenvalue weighted by Crippen LogP contribution is -2.62. The quantitative estimate of drug-likeness (QED) is 0.196. The van der Waals surface area contributed by atoms with Crippen molar-refractivity contribution < 1.29 is 53.0 Å². The summed E-state index contributed by atoms with van der Waals surface area (Å²) in [5.74, 6) is -9.22. The maximum atomic E-state index is 15.3. The number of nitrogens with zero attached hydrogens (tertiary/aromatic N) is 5. The van der Waals surface area contributed by atoms with Gasteiger partial charge in [0.15, 0.2) is 6.10 Å². The minimum Gasteiger partial charge on any atom is -0.450 e. The summed E-state index contributed by atoms with van der Waals surface area (Å²) in [5, 5.41) is 19.4. The van der Waals surface area contributed by atoms with Crippen molar-refractivity contribution in [3.05, 3.63) is 71.8 Å². The third-order valence-electron chi connectivity index (χ3n) is 16.0. The Bertz CT molecular complexity index is 2400. The number of hydrogen-bond acceptors (Lipinski definition) is 11. The van der Waals surface area contributed by atoms with E-state index in [4.69, 9.17) is 4.74 Å². The molecule has 2 saturated heterocycles. The fourth-order valence-corrected chi connectivity index (χ4v) is 10.9. The van der Waals surface area contributed by atoms with Gasteiger partial charge in [-0.05, 0) is 60.5 Å². The summed E-state index contributed by atoms with van der Waals surface area (Å²) >= 11 is 0. The van der Waals surface area contributed by atoms with Crippen LogP contribution in [0.5, 0.6) is 0 Å². The van der Waals surface area contributed by atoms with Crippen molar-refractivity contribution in [2.24, 2.45) is 35.5 Å². The maximum absolute atomic E-state index is 15.3. The number of nitrogens with one attached hydrogen (secondary N) is 3. The van der Waals surface area contributed by atoms with E-state index < -0.39 is 144 Å². The van der Waals surface area contributed by atoms with Crippen LogP contribution in [-0.4, -0.2) is 179 Å². The topological polar surface area (TPSA) is 235 Å². The predicted octanol–water partition coefficient (Wildman–Crippen LogP) is 4.23. The number of carbonyl (C=O) groups excluding carboxylic acids is 9. The van der Waals surface area contributed by atoms with Crippen LogP contribution in [0.1, 0.15) is 119 Å². The van der Waals surface area contributed by atoms with E-state index in [9.17, 15) is 38.7 Å². The Morgan fingerprint density at radius 2 is 1.03 bits per heavy atom. The summed E-state index contributed by atoms with van der Waals surface area (Å²) < 4.78 is 6.14. The van der Waals surface area contributed by atoms with Gasteiger partial charge in [-0.2, -0.15) is 0 Å². The van der Waals surface area contributed by atoms with Crippen molar-refractivity contribution >= 4 is 53.2 Å². The highest BCUT2D eigenvalue weighted by Gasteiger charge is 2.46. The van der Waals surface area contributed by atoms with Gasteiger partial charge < -0.3 is 50.3 Å². The van der Waals surface area contributed by atoms with Crippen molar-refractivity contribution in [3.63, 3.8) is 0 Å². The molecular weight excluding hydrogens is 1010 g/mol. The first-order valence-electron chi connectivity index (χ1n) is 28.4. The van der Waals surface area contributed by atoms with E-state index in [1.807, 2.05) is 83.1 Å². The van der Waals surface area contributed by atoms with Gasteiger partial charge in [0.05, 0.1) is 0 Å². The Balaban J connectivity index is 1.97. The summed E-state index contributed by atoms with van der Waals surface area (Å²) in [5.41, 5.74) is 1.43. The number of esters is 1. The van der Waals surface area contributed by atoms with Crippen molar-refractivity contribution in [2.45, 2.75) is 176 Å². The van der Waals surface area contributed by atoms with Gasteiger partial charge in [0.1, 0.15) is 48.3 Å². The van der Waals surface area contributed by atoms with Crippen LogP contribution in [0.3, 0.4) is 0 Å². The molecule has 2 heterocycles. The molecule has 79 heavy (non-hydrogen) atoms. The molecule has 0 radical (unpaired) electrons. The van der Waals surface area contributed by atoms with Gasteiger partial charge in [-0.1, -0.05) is 143 Å². The SMILES string of the molecule is CC[C@H](C)[C@@H]1NC(=O)[C@H]2CCCN2C(=O)[C@H](Cc2ccccc2)N(C)C(=O)[C@@H](Cc2ccccc2)NC(=O)[C@@H](C(C)C)N(C)C(=O)[C@@H]([C@@H](C)CC)OC(=O)[C@@H]([C@@H](C)CO)N(C)C(=O)[C@@H](CC(C)C)NC(=O)[C@H](C(C)C)N(C)C1=O. The minimum atomic E-state index is -1.48. The molecule has 4 N–H and O–H groups in total. The number of rotatable bonds is 14. The number of cyclic esters (lactones) is 1. The van der Waals surface area contributed by atoms with Crippen molar-refractivity contribution in [1.82, 2.24) is 40.4 Å². The molecule has 0 saturated carbocycles. The van der Waals surface area contributed by atoms with Crippen LogP contribution in [0, 0.1) is 35.5 Å². The fourth-order valence-electron chi connectivity index (χ4n) is 10.9. The fraction of sp³-hybridized carbons (Fsp3) is 0.650. The Morgan fingerprint density at radius 3 is 1.52 bits per heavy atom. The smallest absolute Gasteiger partial charge is 0.330 e. The molecule has 438 valence electrons. The Labute approximate surface area is 469 Å². The first-order chi connectivity index (χ1) is 37.2. The highest BCUT2D eigenvalue weighted by atomic mass is 16.6. The molecule has 0 spiro atoms. The molecule has 0 bridgehead atoms. The summed E-state index contributed by atoms with van der Waals surface area (Å²) in [4.78, 5) is 141. The number of likely N-dealkylation sites (N-methyl/N-ethyl adjacent to an activating group) is 4. The number of aliphatic hydroxyl groups excluding tert-OH is 1. The van der Waals surface area contributed by atoms with E-state index >= 15 is 9.59 Å². The Kier molecular flexibility index (Phi) is 24.5. The average molecular weight is 1100 g/mol. The highest BCUT2D eigenvalue weighted by molar-refractivity contribution is 5.99. The second kappa shape index (κ2) is 29.7. The van der Waals surface area contributed by atoms with E-state index in [1.165, 1.54) is 47.8 Å². The molecule has 4 rings (SSSR count). The van der Waals surface area contributed by atoms with E-state index in [-0.39, 0.29) is 38.1 Å². The van der Waals surface area contributed by atoms with Crippen LogP contribution >= 0.6 is 0 Å². The zero-order valence-electron chi connectivity index (χ0n) is 49.6. The van der Waals surface area contributed by atoms with E-state index in [2.05, 4.69) is 16.0 Å². The molecule has 2 aliphatic rings. The third-order valence-corrected chi connectivity index (χ3v) is 16.0. The lowest BCUT2D eigenvalue weighted by atomic mass is 9.94. The van der Waals surface area contributed by atoms with E-state index in [0.29, 0.717) is 24.8 Å². The monoisotopic (exact) mass is 1100 g/mol. The number of fused-ring (bicyclic) bond motifs is 1. The zero-order chi connectivity index (χ0) is 59.2. The lowest BCUT2D eigenvalue weighted by Gasteiger charge is -2.38. The van der Waals surface area contributed by atoms with Gasteiger partial charge in [0, 0.05) is 66.0 Å². The summed E-state index contributed by atoms with van der Waals surface area (Å²) in [7, 11) is 5.76. The normalized spacial score (nSPS) is 26.7. The number of aliphatic hydroxyl groups is 1. The van der Waals surface area contributed by atoms with Crippen molar-refractivity contribution in [1.29, 1.82) is 0 Å². The second-order valence-electron chi connectivity index (χ2n) is 23.2. The standard InChI is InChI=1S/C60H92N8O11/c1-16-38(9)47-58(76)65(13)48(36(5)6)53(71)61-43(31-35(3)4)56(74)67(15)50(40(11)34-69)60(78)79-51(39(10)17-2)59(77)66(14)49(37(7)8)54(72)62-44(32-41-25-20-18-21-26-41)55(73)64(12)46(33-42-27-22-19-23-28-42)57(75)68-30-24-29-45(68)52(70)63-47/h18-23,25-28,35-40,43-51,69H,16-17,24,29-34H2,1-15H3,(H,61,71)(H,62,72)(H,63,70)/t38-,39-,40-,43+,44+,45+,46-,47-,48-,49+,50+,51+/m0/s1. The van der Waals surface area contributed by atoms with Gasteiger partial charge in [0.25, 0.3) is 5.91 Å². The molecule has 19 nitrogen and oxygen atoms in total. The van der Waals surface area contributed by atoms with Gasteiger partial charge in [0.2, 0.25) is 41.4 Å². The largest absolute Gasteiger partial charge is 0.450 e. The number of ether oxygens (including phenoxy) is 1. The summed E-state index contributed by atoms with van der Waals surface area (Å²) in [6, 6.07) is 8.50. The summed E-state index contributed by atoms with van der Waals surface area (Å²) in [6.07, 6.45) is 0.217. The number of amides is 8. The first-order valence-corrected chi connectivity index (χ1v) is 28.4. The molecule has 2 fully saturated rings. The molecule has 8 amide bonds. The summed E-state index contributed by atoms with van der Waals surface area (Å²) in [6.45, 7) is 19.1. The van der Waals surface area contributed by atoms with Crippen molar-refractivity contribution in [3.8, 4) is 0 Å². The highest BCUT2D eigenvalue weighted by Crippen LogP contribution is 2.27. The number of carbonyl (C=O) groups is 9. The molecule has 19 heteroatoms.